The fourth-order valence-corrected chi connectivity index (χ4v) is 1.95. The van der Waals surface area contributed by atoms with Gasteiger partial charge in [0.15, 0.2) is 5.84 Å². The molecule has 0 fully saturated rings. The van der Waals surface area contributed by atoms with Gasteiger partial charge in [-0.25, -0.2) is 0 Å². The lowest BCUT2D eigenvalue weighted by Gasteiger charge is -2.13. The first kappa shape index (κ1) is 11.5. The number of nitrogens with zero attached hydrogens (tertiary/aromatic N) is 2. The number of hydrogen-bond donors (Lipinski definition) is 2. The summed E-state index contributed by atoms with van der Waals surface area (Å²) >= 11 is 0. The van der Waals surface area contributed by atoms with Crippen LogP contribution in [-0.4, -0.2) is 15.6 Å². The molecule has 90 valence electrons. The van der Waals surface area contributed by atoms with Gasteiger partial charge in [-0.3, -0.25) is 0 Å². The third-order valence-electron chi connectivity index (χ3n) is 3.19. The summed E-state index contributed by atoms with van der Waals surface area (Å²) in [5.74, 6) is 0.142. The average molecular weight is 231 g/mol. The molecule has 2 aromatic rings. The van der Waals surface area contributed by atoms with E-state index in [1.54, 1.807) is 0 Å². The van der Waals surface area contributed by atoms with Crippen molar-refractivity contribution in [1.82, 2.24) is 4.57 Å². The number of nitrogens with two attached hydrogens (primary N) is 1. The average Bonchev–Trinajstić information content (AvgIpc) is 2.79. The van der Waals surface area contributed by atoms with Crippen LogP contribution in [0.1, 0.15) is 31.9 Å². The molecular formula is C13H17N3O. The number of amidine groups is 1. The number of hydrogen-bond acceptors (Lipinski definition) is 2. The lowest BCUT2D eigenvalue weighted by molar-refractivity contribution is 0.318. The van der Waals surface area contributed by atoms with Gasteiger partial charge in [0.25, 0.3) is 0 Å². The Morgan fingerprint density at radius 1 is 1.47 bits per heavy atom. The standard InChI is InChI=1S/C13H17N3O/c1-3-9(2)16-7-6-10-4-5-11(8-12(10)16)13(14)15-17/h4-9,17H,3H2,1-2H3,(H2,14,15). The Kier molecular flexibility index (Phi) is 3.04. The molecule has 0 saturated heterocycles. The summed E-state index contributed by atoms with van der Waals surface area (Å²) in [7, 11) is 0. The molecule has 0 aliphatic rings. The van der Waals surface area contributed by atoms with Crippen LogP contribution in [0.3, 0.4) is 0 Å². The largest absolute Gasteiger partial charge is 0.409 e. The van der Waals surface area contributed by atoms with Crippen LogP contribution in [0.2, 0.25) is 0 Å². The molecule has 1 aromatic heterocycles. The summed E-state index contributed by atoms with van der Waals surface area (Å²) in [5.41, 5.74) is 7.46. The third kappa shape index (κ3) is 1.98. The van der Waals surface area contributed by atoms with E-state index in [2.05, 4.69) is 35.8 Å². The van der Waals surface area contributed by atoms with Gasteiger partial charge in [-0.1, -0.05) is 24.2 Å². The second kappa shape index (κ2) is 4.49. The third-order valence-corrected chi connectivity index (χ3v) is 3.19. The highest BCUT2D eigenvalue weighted by Gasteiger charge is 2.08. The van der Waals surface area contributed by atoms with Crippen LogP contribution >= 0.6 is 0 Å². The second-order valence-corrected chi connectivity index (χ2v) is 4.24. The van der Waals surface area contributed by atoms with Crippen molar-refractivity contribution in [3.63, 3.8) is 0 Å². The number of aromatic nitrogens is 1. The van der Waals surface area contributed by atoms with Crippen LogP contribution in [0.5, 0.6) is 0 Å². The maximum atomic E-state index is 8.69. The summed E-state index contributed by atoms with van der Waals surface area (Å²) in [6.45, 7) is 4.33. The molecule has 0 bridgehead atoms. The van der Waals surface area contributed by atoms with E-state index in [0.29, 0.717) is 6.04 Å². The van der Waals surface area contributed by atoms with E-state index in [1.165, 1.54) is 5.39 Å². The van der Waals surface area contributed by atoms with Gasteiger partial charge in [0.2, 0.25) is 0 Å². The SMILES string of the molecule is CCC(C)n1ccc2ccc(/C(N)=N/O)cc21. The second-order valence-electron chi connectivity index (χ2n) is 4.24. The Morgan fingerprint density at radius 2 is 2.24 bits per heavy atom. The molecule has 1 heterocycles. The minimum Gasteiger partial charge on any atom is -0.409 e. The van der Waals surface area contributed by atoms with Gasteiger partial charge in [-0.2, -0.15) is 0 Å². The number of benzene rings is 1. The molecule has 0 aliphatic heterocycles. The highest BCUT2D eigenvalue weighted by molar-refractivity contribution is 6.00. The van der Waals surface area contributed by atoms with Crippen LogP contribution in [0.4, 0.5) is 0 Å². The van der Waals surface area contributed by atoms with Crippen molar-refractivity contribution >= 4 is 16.7 Å². The zero-order valence-electron chi connectivity index (χ0n) is 10.1. The van der Waals surface area contributed by atoms with Crippen LogP contribution in [0.25, 0.3) is 10.9 Å². The van der Waals surface area contributed by atoms with Crippen molar-refractivity contribution in [1.29, 1.82) is 0 Å². The van der Waals surface area contributed by atoms with Crippen molar-refractivity contribution in [2.75, 3.05) is 0 Å². The normalized spacial score (nSPS) is 14.1. The van der Waals surface area contributed by atoms with E-state index < -0.39 is 0 Å². The summed E-state index contributed by atoms with van der Waals surface area (Å²) in [6.07, 6.45) is 3.15. The highest BCUT2D eigenvalue weighted by atomic mass is 16.4. The molecule has 0 saturated carbocycles. The number of rotatable bonds is 3. The molecule has 2 rings (SSSR count). The molecule has 1 atom stereocenters. The molecule has 17 heavy (non-hydrogen) atoms. The van der Waals surface area contributed by atoms with Crippen LogP contribution < -0.4 is 5.73 Å². The minimum atomic E-state index is 0.142. The van der Waals surface area contributed by atoms with Crippen LogP contribution in [0, 0.1) is 0 Å². The predicted molar refractivity (Wildman–Crippen MR) is 69.5 cm³/mol. The van der Waals surface area contributed by atoms with Crippen molar-refractivity contribution in [2.24, 2.45) is 10.9 Å². The maximum Gasteiger partial charge on any atom is 0.170 e. The lowest BCUT2D eigenvalue weighted by Crippen LogP contribution is -2.13. The van der Waals surface area contributed by atoms with E-state index in [9.17, 15) is 0 Å². The van der Waals surface area contributed by atoms with E-state index in [1.807, 2.05) is 18.2 Å². The first-order chi connectivity index (χ1) is 8.17. The Bertz CT molecular complexity index is 557. The summed E-state index contributed by atoms with van der Waals surface area (Å²) in [6, 6.07) is 8.32. The van der Waals surface area contributed by atoms with Gasteiger partial charge in [0.1, 0.15) is 0 Å². The van der Waals surface area contributed by atoms with Crippen molar-refractivity contribution in [3.8, 4) is 0 Å². The maximum absolute atomic E-state index is 8.69. The monoisotopic (exact) mass is 231 g/mol. The molecule has 0 amide bonds. The molecular weight excluding hydrogens is 214 g/mol. The number of fused-ring (bicyclic) bond motifs is 1. The summed E-state index contributed by atoms with van der Waals surface area (Å²) in [5, 5.41) is 12.9. The molecule has 4 nitrogen and oxygen atoms in total. The summed E-state index contributed by atoms with van der Waals surface area (Å²) < 4.78 is 2.21. The van der Waals surface area contributed by atoms with Crippen molar-refractivity contribution in [2.45, 2.75) is 26.3 Å². The Labute approximate surface area is 100 Å². The Hall–Kier alpha value is -1.97. The van der Waals surface area contributed by atoms with Crippen molar-refractivity contribution < 1.29 is 5.21 Å². The molecule has 4 heteroatoms. The van der Waals surface area contributed by atoms with Gasteiger partial charge in [0, 0.05) is 23.3 Å². The minimum absolute atomic E-state index is 0.142. The van der Waals surface area contributed by atoms with E-state index >= 15 is 0 Å². The van der Waals surface area contributed by atoms with Gasteiger partial charge < -0.3 is 15.5 Å². The molecule has 0 aliphatic carbocycles. The molecule has 1 unspecified atom stereocenters. The molecule has 1 aromatic carbocycles. The van der Waals surface area contributed by atoms with Gasteiger partial charge >= 0.3 is 0 Å². The molecule has 0 spiro atoms. The first-order valence-corrected chi connectivity index (χ1v) is 5.76. The first-order valence-electron chi connectivity index (χ1n) is 5.76. The summed E-state index contributed by atoms with van der Waals surface area (Å²) in [4.78, 5) is 0. The zero-order valence-corrected chi connectivity index (χ0v) is 10.1. The Balaban J connectivity index is 2.58. The Morgan fingerprint density at radius 3 is 2.88 bits per heavy atom. The number of oxime groups is 1. The van der Waals surface area contributed by atoms with Crippen molar-refractivity contribution in [3.05, 3.63) is 36.0 Å². The van der Waals surface area contributed by atoms with E-state index in [4.69, 9.17) is 10.9 Å². The van der Waals surface area contributed by atoms with E-state index in [0.717, 1.165) is 17.5 Å². The topological polar surface area (TPSA) is 63.5 Å². The van der Waals surface area contributed by atoms with Gasteiger partial charge in [-0.15, -0.1) is 0 Å². The van der Waals surface area contributed by atoms with Crippen LogP contribution in [0.15, 0.2) is 35.6 Å². The van der Waals surface area contributed by atoms with E-state index in [-0.39, 0.29) is 5.84 Å². The fraction of sp³-hybridized carbons (Fsp3) is 0.308. The lowest BCUT2D eigenvalue weighted by atomic mass is 10.1. The van der Waals surface area contributed by atoms with Gasteiger partial charge in [0.05, 0.1) is 0 Å². The zero-order chi connectivity index (χ0) is 12.4. The highest BCUT2D eigenvalue weighted by Crippen LogP contribution is 2.22. The quantitative estimate of drug-likeness (QED) is 0.369. The fourth-order valence-electron chi connectivity index (χ4n) is 1.95. The molecule has 3 N–H and O–H groups in total. The molecule has 0 radical (unpaired) electrons. The van der Waals surface area contributed by atoms with Crippen LogP contribution in [-0.2, 0) is 0 Å². The smallest absolute Gasteiger partial charge is 0.170 e. The van der Waals surface area contributed by atoms with Gasteiger partial charge in [-0.05, 0) is 30.9 Å². The predicted octanol–water partition coefficient (Wildman–Crippen LogP) is 2.71.